The Balaban J connectivity index is 1.87. The molecule has 4 aromatic rings. The van der Waals surface area contributed by atoms with Crippen molar-refractivity contribution in [2.45, 2.75) is 6.42 Å². The van der Waals surface area contributed by atoms with E-state index in [1.807, 2.05) is 18.2 Å². The zero-order valence-corrected chi connectivity index (χ0v) is 14.4. The molecule has 0 aliphatic rings. The van der Waals surface area contributed by atoms with Crippen LogP contribution in [0.2, 0.25) is 0 Å². The molecular formula is C21H14O6. The van der Waals surface area contributed by atoms with Crippen LogP contribution in [0.15, 0.2) is 67.2 Å². The van der Waals surface area contributed by atoms with Gasteiger partial charge in [-0.15, -0.1) is 0 Å². The van der Waals surface area contributed by atoms with Gasteiger partial charge < -0.3 is 13.6 Å². The third kappa shape index (κ3) is 2.91. The predicted octanol–water partition coefficient (Wildman–Crippen LogP) is 3.31. The van der Waals surface area contributed by atoms with Crippen LogP contribution >= 0.6 is 0 Å². The van der Waals surface area contributed by atoms with Crippen LogP contribution in [0.5, 0.6) is 5.75 Å². The summed E-state index contributed by atoms with van der Waals surface area (Å²) in [6.45, 7) is 0. The second-order valence-corrected chi connectivity index (χ2v) is 6.07. The van der Waals surface area contributed by atoms with Crippen LogP contribution in [0.4, 0.5) is 0 Å². The summed E-state index contributed by atoms with van der Waals surface area (Å²) >= 11 is 0. The molecule has 2 heterocycles. The molecule has 2 aromatic heterocycles. The van der Waals surface area contributed by atoms with Gasteiger partial charge in [-0.2, -0.15) is 0 Å². The monoisotopic (exact) mass is 362 g/mol. The number of para-hydroxylation sites is 1. The summed E-state index contributed by atoms with van der Waals surface area (Å²) in [5, 5.41) is 1.07. The maximum Gasteiger partial charge on any atom is 0.336 e. The van der Waals surface area contributed by atoms with E-state index < -0.39 is 5.63 Å². The molecule has 6 heteroatoms. The van der Waals surface area contributed by atoms with Gasteiger partial charge in [0.25, 0.3) is 0 Å². The molecule has 0 radical (unpaired) electrons. The van der Waals surface area contributed by atoms with E-state index in [4.69, 9.17) is 13.6 Å². The lowest BCUT2D eigenvalue weighted by atomic mass is 10.00. The number of aldehydes is 1. The third-order valence-electron chi connectivity index (χ3n) is 4.42. The molecule has 6 nitrogen and oxygen atoms in total. The molecular weight excluding hydrogens is 348 g/mol. The Labute approximate surface area is 152 Å². The summed E-state index contributed by atoms with van der Waals surface area (Å²) in [4.78, 5) is 35.3. The summed E-state index contributed by atoms with van der Waals surface area (Å²) in [6.07, 6.45) is 2.02. The van der Waals surface area contributed by atoms with Gasteiger partial charge in [0.05, 0.1) is 18.1 Å². The highest BCUT2D eigenvalue weighted by Gasteiger charge is 2.12. The number of carbonyl (C=O) groups excluding carboxylic acids is 1. The first kappa shape index (κ1) is 16.8. The van der Waals surface area contributed by atoms with E-state index in [0.717, 1.165) is 22.8 Å². The van der Waals surface area contributed by atoms with Crippen molar-refractivity contribution in [1.82, 2.24) is 0 Å². The van der Waals surface area contributed by atoms with E-state index in [-0.39, 0.29) is 11.0 Å². The Hall–Kier alpha value is -3.67. The molecule has 0 amide bonds. The molecule has 0 atom stereocenters. The molecule has 0 N–H and O–H groups in total. The molecule has 0 spiro atoms. The topological polar surface area (TPSA) is 86.7 Å². The van der Waals surface area contributed by atoms with Crippen LogP contribution < -0.4 is 15.8 Å². The molecule has 0 aliphatic carbocycles. The maximum absolute atomic E-state index is 12.3. The Morgan fingerprint density at radius 3 is 2.70 bits per heavy atom. The van der Waals surface area contributed by atoms with Gasteiger partial charge >= 0.3 is 5.63 Å². The number of fused-ring (bicyclic) bond motifs is 2. The number of carbonyl (C=O) groups is 1. The normalized spacial score (nSPS) is 11.0. The fourth-order valence-corrected chi connectivity index (χ4v) is 3.14. The van der Waals surface area contributed by atoms with Crippen molar-refractivity contribution in [2.75, 3.05) is 7.11 Å². The van der Waals surface area contributed by atoms with Gasteiger partial charge in [-0.3, -0.25) is 9.59 Å². The van der Waals surface area contributed by atoms with Crippen molar-refractivity contribution in [2.24, 2.45) is 0 Å². The Morgan fingerprint density at radius 1 is 1.07 bits per heavy atom. The minimum Gasteiger partial charge on any atom is -0.493 e. The minimum atomic E-state index is -0.481. The van der Waals surface area contributed by atoms with Crippen molar-refractivity contribution >= 4 is 28.2 Å². The van der Waals surface area contributed by atoms with Gasteiger partial charge in [0.2, 0.25) is 5.43 Å². The summed E-state index contributed by atoms with van der Waals surface area (Å²) in [5.74, 6) is 0.473. The van der Waals surface area contributed by atoms with Gasteiger partial charge in [0.1, 0.15) is 11.8 Å². The molecule has 134 valence electrons. The van der Waals surface area contributed by atoms with E-state index in [1.165, 1.54) is 13.2 Å². The van der Waals surface area contributed by atoms with Crippen molar-refractivity contribution in [3.8, 4) is 5.75 Å². The minimum absolute atomic E-state index is 0.0322. The quantitative estimate of drug-likeness (QED) is 0.409. The molecule has 0 bridgehead atoms. The van der Waals surface area contributed by atoms with E-state index >= 15 is 0 Å². The molecule has 0 saturated heterocycles. The summed E-state index contributed by atoms with van der Waals surface area (Å²) in [5.41, 5.74) is 1.43. The number of benzene rings is 2. The third-order valence-corrected chi connectivity index (χ3v) is 4.42. The number of rotatable bonds is 4. The zero-order valence-electron chi connectivity index (χ0n) is 14.4. The molecule has 4 rings (SSSR count). The van der Waals surface area contributed by atoms with Crippen LogP contribution in [0, 0.1) is 0 Å². The predicted molar refractivity (Wildman–Crippen MR) is 99.7 cm³/mol. The fourth-order valence-electron chi connectivity index (χ4n) is 3.14. The highest BCUT2D eigenvalue weighted by molar-refractivity contribution is 5.87. The molecule has 0 unspecified atom stereocenters. The van der Waals surface area contributed by atoms with Crippen LogP contribution in [0.1, 0.15) is 21.5 Å². The first-order valence-electron chi connectivity index (χ1n) is 8.20. The Kier molecular flexibility index (Phi) is 4.08. The van der Waals surface area contributed by atoms with Crippen LogP contribution in [0.25, 0.3) is 21.9 Å². The average Bonchev–Trinajstić information content (AvgIpc) is 2.68. The molecule has 2 aromatic carbocycles. The largest absolute Gasteiger partial charge is 0.493 e. The molecule has 0 fully saturated rings. The highest BCUT2D eigenvalue weighted by Crippen LogP contribution is 2.28. The van der Waals surface area contributed by atoms with Crippen LogP contribution in [-0.2, 0) is 6.42 Å². The van der Waals surface area contributed by atoms with E-state index in [0.29, 0.717) is 35.0 Å². The average molecular weight is 362 g/mol. The lowest BCUT2D eigenvalue weighted by molar-refractivity contribution is 0.112. The number of hydrogen-bond acceptors (Lipinski definition) is 6. The van der Waals surface area contributed by atoms with Crippen molar-refractivity contribution in [3.63, 3.8) is 0 Å². The Bertz CT molecular complexity index is 1300. The highest BCUT2D eigenvalue weighted by atomic mass is 16.5. The van der Waals surface area contributed by atoms with E-state index in [9.17, 15) is 14.4 Å². The van der Waals surface area contributed by atoms with Crippen molar-refractivity contribution in [1.29, 1.82) is 0 Å². The van der Waals surface area contributed by atoms with Gasteiger partial charge in [-0.05, 0) is 35.7 Å². The zero-order chi connectivity index (χ0) is 19.0. The van der Waals surface area contributed by atoms with Gasteiger partial charge in [0, 0.05) is 11.5 Å². The van der Waals surface area contributed by atoms with Gasteiger partial charge in [-0.1, -0.05) is 18.2 Å². The van der Waals surface area contributed by atoms with Gasteiger partial charge in [0.15, 0.2) is 17.6 Å². The smallest absolute Gasteiger partial charge is 0.336 e. The maximum atomic E-state index is 12.3. The number of ether oxygens (including phenoxy) is 1. The van der Waals surface area contributed by atoms with Crippen molar-refractivity contribution < 1.29 is 18.4 Å². The summed E-state index contributed by atoms with van der Waals surface area (Å²) in [6, 6.07) is 12.0. The summed E-state index contributed by atoms with van der Waals surface area (Å²) < 4.78 is 15.9. The first-order valence-corrected chi connectivity index (χ1v) is 8.20. The Morgan fingerprint density at radius 2 is 1.93 bits per heavy atom. The SMILES string of the molecule is COc1cccc2c(Cc3ccc4occ(C=O)c(=O)c4c3)cc(=O)oc12. The molecule has 27 heavy (non-hydrogen) atoms. The molecule has 0 aliphatic heterocycles. The van der Waals surface area contributed by atoms with Crippen LogP contribution in [0.3, 0.4) is 0 Å². The second-order valence-electron chi connectivity index (χ2n) is 6.07. The fraction of sp³-hybridized carbons (Fsp3) is 0.0952. The summed E-state index contributed by atoms with van der Waals surface area (Å²) in [7, 11) is 1.51. The number of hydrogen-bond donors (Lipinski definition) is 0. The second kappa shape index (κ2) is 6.57. The number of methoxy groups -OCH3 is 1. The first-order chi connectivity index (χ1) is 13.1. The lowest BCUT2D eigenvalue weighted by Crippen LogP contribution is -2.08. The van der Waals surface area contributed by atoms with E-state index in [1.54, 1.807) is 18.2 Å². The molecule has 0 saturated carbocycles. The van der Waals surface area contributed by atoms with Gasteiger partial charge in [-0.25, -0.2) is 4.79 Å². The van der Waals surface area contributed by atoms with Crippen LogP contribution in [-0.4, -0.2) is 13.4 Å². The van der Waals surface area contributed by atoms with E-state index in [2.05, 4.69) is 0 Å². The van der Waals surface area contributed by atoms with Crippen molar-refractivity contribution in [3.05, 3.63) is 86.1 Å². The lowest BCUT2D eigenvalue weighted by Gasteiger charge is -2.09. The standard InChI is InChI=1S/C21H14O6/c1-25-18-4-2-3-15-13(9-19(23)27-21(15)18)7-12-5-6-17-16(8-12)20(24)14(10-22)11-26-17/h2-6,8-11H,7H2,1H3.